The van der Waals surface area contributed by atoms with Crippen molar-refractivity contribution in [2.45, 2.75) is 41.8 Å². The first-order valence-electron chi connectivity index (χ1n) is 7.91. The molecule has 0 spiro atoms. The summed E-state index contributed by atoms with van der Waals surface area (Å²) in [6, 6.07) is 4.61. The Kier molecular flexibility index (Phi) is 7.01. The van der Waals surface area contributed by atoms with Gasteiger partial charge in [-0.25, -0.2) is 13.4 Å². The highest BCUT2D eigenvalue weighted by Crippen LogP contribution is 2.32. The average molecular weight is 418 g/mol. The Morgan fingerprint density at radius 3 is 2.73 bits per heavy atom. The number of thiazole rings is 1. The largest absolute Gasteiger partial charge is 0.481 e. The lowest BCUT2D eigenvalue weighted by atomic mass is 9.99. The van der Waals surface area contributed by atoms with Crippen LogP contribution < -0.4 is 0 Å². The fourth-order valence-corrected chi connectivity index (χ4v) is 4.65. The topological polar surface area (TPSA) is 111 Å². The summed E-state index contributed by atoms with van der Waals surface area (Å²) < 4.78 is 29.5. The van der Waals surface area contributed by atoms with Crippen LogP contribution in [0.15, 0.2) is 27.4 Å². The van der Waals surface area contributed by atoms with E-state index in [0.29, 0.717) is 21.0 Å². The summed E-state index contributed by atoms with van der Waals surface area (Å²) in [6.07, 6.45) is 2.92. The highest BCUT2D eigenvalue weighted by molar-refractivity contribution is 7.97. The molecule has 10 heteroatoms. The van der Waals surface area contributed by atoms with E-state index in [4.69, 9.17) is 9.29 Å². The Morgan fingerprint density at radius 2 is 2.12 bits per heavy atom. The third-order valence-corrected chi connectivity index (χ3v) is 6.48. The predicted molar refractivity (Wildman–Crippen MR) is 99.9 cm³/mol. The van der Waals surface area contributed by atoms with Crippen molar-refractivity contribution in [1.82, 2.24) is 4.98 Å². The molecule has 0 bridgehead atoms. The van der Waals surface area contributed by atoms with Crippen molar-refractivity contribution < 1.29 is 27.3 Å². The fourth-order valence-electron chi connectivity index (χ4n) is 2.26. The van der Waals surface area contributed by atoms with Crippen molar-refractivity contribution in [3.63, 3.8) is 0 Å². The fraction of sp³-hybridized carbons (Fsp3) is 0.438. The lowest BCUT2D eigenvalue weighted by Crippen LogP contribution is -2.19. The third kappa shape index (κ3) is 5.68. The van der Waals surface area contributed by atoms with Gasteiger partial charge >= 0.3 is 11.9 Å². The summed E-state index contributed by atoms with van der Waals surface area (Å²) in [5.41, 5.74) is 0.606. The minimum atomic E-state index is -3.31. The molecule has 1 heterocycles. The van der Waals surface area contributed by atoms with Crippen LogP contribution in [0.1, 0.15) is 32.6 Å². The van der Waals surface area contributed by atoms with Crippen molar-refractivity contribution in [2.75, 3.05) is 6.26 Å². The Balaban J connectivity index is 2.07. The standard InChI is InChI=1S/C16H19NO6S3/c1-3-4-5-10(8-14(18)19)15(20)23-25-16-17-12-7-6-11(26(2,21)22)9-13(12)24-16/h6-7,9-10H,3-5,8H2,1-2H3,(H,18,19). The number of carbonyl (C=O) groups is 2. The van der Waals surface area contributed by atoms with Crippen molar-refractivity contribution >= 4 is 55.4 Å². The van der Waals surface area contributed by atoms with Crippen LogP contribution in [0.2, 0.25) is 0 Å². The SMILES string of the molecule is CCCCC(CC(=O)O)C(=O)OSc1nc2ccc(S(C)(=O)=O)cc2s1. The van der Waals surface area contributed by atoms with E-state index >= 15 is 0 Å². The van der Waals surface area contributed by atoms with Gasteiger partial charge < -0.3 is 9.29 Å². The number of hydrogen-bond acceptors (Lipinski definition) is 8. The van der Waals surface area contributed by atoms with E-state index < -0.39 is 27.7 Å². The molecule has 0 saturated heterocycles. The molecule has 142 valence electrons. The maximum atomic E-state index is 12.1. The molecule has 0 aliphatic carbocycles. The number of fused-ring (bicyclic) bond motifs is 1. The molecule has 1 unspecified atom stereocenters. The molecule has 1 aromatic carbocycles. The van der Waals surface area contributed by atoms with E-state index in [1.165, 1.54) is 23.5 Å². The lowest BCUT2D eigenvalue weighted by Gasteiger charge is -2.11. The minimum Gasteiger partial charge on any atom is -0.481 e. The number of aromatic nitrogens is 1. The summed E-state index contributed by atoms with van der Waals surface area (Å²) >= 11 is 1.98. The molecule has 0 aliphatic rings. The summed E-state index contributed by atoms with van der Waals surface area (Å²) in [6.45, 7) is 1.96. The molecule has 0 saturated carbocycles. The van der Waals surface area contributed by atoms with Gasteiger partial charge in [0, 0.05) is 6.26 Å². The van der Waals surface area contributed by atoms with Crippen LogP contribution in [0, 0.1) is 5.92 Å². The quantitative estimate of drug-likeness (QED) is 0.617. The Morgan fingerprint density at radius 1 is 1.38 bits per heavy atom. The molecule has 26 heavy (non-hydrogen) atoms. The molecule has 1 aromatic heterocycles. The summed E-state index contributed by atoms with van der Waals surface area (Å²) in [7, 11) is -3.31. The molecule has 1 atom stereocenters. The smallest absolute Gasteiger partial charge is 0.321 e. The van der Waals surface area contributed by atoms with Gasteiger partial charge in [-0.1, -0.05) is 19.8 Å². The van der Waals surface area contributed by atoms with Crippen LogP contribution >= 0.6 is 23.4 Å². The number of hydrogen-bond donors (Lipinski definition) is 1. The van der Waals surface area contributed by atoms with Gasteiger partial charge in [-0.15, -0.1) is 11.3 Å². The van der Waals surface area contributed by atoms with Gasteiger partial charge in [-0.2, -0.15) is 0 Å². The number of unbranched alkanes of at least 4 members (excludes halogenated alkanes) is 1. The van der Waals surface area contributed by atoms with Crippen LogP contribution in [0.4, 0.5) is 0 Å². The van der Waals surface area contributed by atoms with E-state index in [1.807, 2.05) is 6.92 Å². The van der Waals surface area contributed by atoms with E-state index in [-0.39, 0.29) is 11.3 Å². The van der Waals surface area contributed by atoms with Crippen molar-refractivity contribution in [3.05, 3.63) is 18.2 Å². The zero-order valence-corrected chi connectivity index (χ0v) is 16.7. The average Bonchev–Trinajstić information content (AvgIpc) is 2.97. The molecule has 0 fully saturated rings. The van der Waals surface area contributed by atoms with E-state index in [2.05, 4.69) is 4.98 Å². The molecule has 1 N–H and O–H groups in total. The first-order chi connectivity index (χ1) is 12.2. The molecular weight excluding hydrogens is 398 g/mol. The number of sulfone groups is 1. The van der Waals surface area contributed by atoms with Crippen LogP contribution in [-0.2, 0) is 23.6 Å². The maximum Gasteiger partial charge on any atom is 0.321 e. The molecule has 0 radical (unpaired) electrons. The second kappa shape index (κ2) is 8.83. The van der Waals surface area contributed by atoms with Gasteiger partial charge in [0.1, 0.15) is 12.0 Å². The Labute approximate surface area is 159 Å². The molecule has 2 aromatic rings. The van der Waals surface area contributed by atoms with Crippen molar-refractivity contribution in [3.8, 4) is 0 Å². The highest BCUT2D eigenvalue weighted by Gasteiger charge is 2.24. The van der Waals surface area contributed by atoms with Crippen molar-refractivity contribution in [2.24, 2.45) is 5.92 Å². The first kappa shape index (κ1) is 20.7. The number of carboxylic acid groups (broad SMARTS) is 1. The highest BCUT2D eigenvalue weighted by atomic mass is 32.2. The van der Waals surface area contributed by atoms with Crippen LogP contribution in [0.5, 0.6) is 0 Å². The Bertz CT molecular complexity index is 906. The summed E-state index contributed by atoms with van der Waals surface area (Å²) in [5, 5.41) is 8.93. The van der Waals surface area contributed by atoms with E-state index in [0.717, 1.165) is 31.1 Å². The molecular formula is C16H19NO6S3. The van der Waals surface area contributed by atoms with Crippen LogP contribution in [-0.4, -0.2) is 36.7 Å². The van der Waals surface area contributed by atoms with E-state index in [1.54, 1.807) is 6.07 Å². The zero-order chi connectivity index (χ0) is 19.3. The van der Waals surface area contributed by atoms with Gasteiger partial charge in [0.15, 0.2) is 14.2 Å². The monoisotopic (exact) mass is 417 g/mol. The van der Waals surface area contributed by atoms with Gasteiger partial charge in [-0.3, -0.25) is 9.59 Å². The van der Waals surface area contributed by atoms with Crippen molar-refractivity contribution in [1.29, 1.82) is 0 Å². The number of carboxylic acids is 1. The number of benzene rings is 1. The van der Waals surface area contributed by atoms with Gasteiger partial charge in [0.25, 0.3) is 0 Å². The molecule has 7 nitrogen and oxygen atoms in total. The maximum absolute atomic E-state index is 12.1. The second-order valence-electron chi connectivity index (χ2n) is 5.80. The molecule has 0 amide bonds. The van der Waals surface area contributed by atoms with Gasteiger partial charge in [-0.05, 0) is 24.6 Å². The molecule has 0 aliphatic heterocycles. The summed E-state index contributed by atoms with van der Waals surface area (Å²) in [5.74, 6) is -2.31. The zero-order valence-electron chi connectivity index (χ0n) is 14.3. The minimum absolute atomic E-state index is 0.197. The summed E-state index contributed by atoms with van der Waals surface area (Å²) in [4.78, 5) is 27.5. The first-order valence-corrected chi connectivity index (χ1v) is 11.4. The van der Waals surface area contributed by atoms with Gasteiger partial charge in [0.2, 0.25) is 0 Å². The number of aliphatic carboxylic acids is 1. The van der Waals surface area contributed by atoms with Gasteiger partial charge in [0.05, 0.1) is 27.5 Å². The Hall–Kier alpha value is -1.65. The van der Waals surface area contributed by atoms with Crippen LogP contribution in [0.3, 0.4) is 0 Å². The third-order valence-electron chi connectivity index (χ3n) is 3.62. The predicted octanol–water partition coefficient (Wildman–Crippen LogP) is 3.53. The molecule has 2 rings (SSSR count). The number of carbonyl (C=O) groups excluding carboxylic acids is 1. The second-order valence-corrected chi connectivity index (χ2v) is 9.83. The normalized spacial score (nSPS) is 12.8. The lowest BCUT2D eigenvalue weighted by molar-refractivity contribution is -0.146. The van der Waals surface area contributed by atoms with Crippen LogP contribution in [0.25, 0.3) is 10.2 Å². The number of nitrogens with zero attached hydrogens (tertiary/aromatic N) is 1. The van der Waals surface area contributed by atoms with E-state index in [9.17, 15) is 18.0 Å². The number of rotatable bonds is 9.